The summed E-state index contributed by atoms with van der Waals surface area (Å²) in [4.78, 5) is 0. The summed E-state index contributed by atoms with van der Waals surface area (Å²) in [6.07, 6.45) is 13.1. The zero-order valence-electron chi connectivity index (χ0n) is 18.8. The number of benzene rings is 1. The highest BCUT2D eigenvalue weighted by Gasteiger charge is 2.36. The second-order valence-corrected chi connectivity index (χ2v) is 10.5. The maximum absolute atomic E-state index is 13.8. The summed E-state index contributed by atoms with van der Waals surface area (Å²) in [6, 6.07) is 2.79. The Morgan fingerprint density at radius 3 is 2.00 bits per heavy atom. The van der Waals surface area contributed by atoms with Crippen LogP contribution in [-0.2, 0) is 9.47 Å². The lowest BCUT2D eigenvalue weighted by Gasteiger charge is -2.41. The van der Waals surface area contributed by atoms with Gasteiger partial charge in [-0.1, -0.05) is 50.6 Å². The molecule has 3 aliphatic rings. The predicted octanol–water partition coefficient (Wildman–Crippen LogP) is 7.88. The topological polar surface area (TPSA) is 18.5 Å². The molecule has 0 bridgehead atoms. The Balaban J connectivity index is 1.20. The molecule has 1 saturated heterocycles. The van der Waals surface area contributed by atoms with E-state index in [4.69, 9.17) is 21.1 Å². The molecule has 2 nitrogen and oxygen atoms in total. The Morgan fingerprint density at radius 2 is 1.42 bits per heavy atom. The molecule has 1 aromatic carbocycles. The molecule has 1 heterocycles. The molecular weight excluding hydrogens is 418 g/mol. The maximum atomic E-state index is 13.8. The average molecular weight is 455 g/mol. The first-order valence-corrected chi connectivity index (χ1v) is 12.8. The minimum atomic E-state index is -0.664. The third-order valence-corrected chi connectivity index (χ3v) is 8.47. The number of rotatable bonds is 6. The van der Waals surface area contributed by atoms with Crippen LogP contribution in [0, 0.1) is 35.3 Å². The van der Waals surface area contributed by atoms with E-state index in [1.165, 1.54) is 57.1 Å². The van der Waals surface area contributed by atoms with Crippen LogP contribution < -0.4 is 0 Å². The molecule has 0 aromatic heterocycles. The second-order valence-electron chi connectivity index (χ2n) is 10.1. The molecule has 0 radical (unpaired) electrons. The van der Waals surface area contributed by atoms with Crippen LogP contribution in [-0.4, -0.2) is 19.5 Å². The fourth-order valence-corrected chi connectivity index (χ4v) is 6.16. The second kappa shape index (κ2) is 10.9. The van der Waals surface area contributed by atoms with Gasteiger partial charge in [-0.25, -0.2) is 8.78 Å². The zero-order chi connectivity index (χ0) is 21.8. The summed E-state index contributed by atoms with van der Waals surface area (Å²) in [7, 11) is 0. The molecule has 5 heteroatoms. The van der Waals surface area contributed by atoms with Gasteiger partial charge in [0.2, 0.25) is 0 Å². The van der Waals surface area contributed by atoms with Crippen molar-refractivity contribution >= 4 is 11.6 Å². The number of halogens is 3. The van der Waals surface area contributed by atoms with Crippen LogP contribution in [0.3, 0.4) is 0 Å². The summed E-state index contributed by atoms with van der Waals surface area (Å²) < 4.78 is 40.1. The fourth-order valence-electron chi connectivity index (χ4n) is 6.05. The van der Waals surface area contributed by atoms with Crippen LogP contribution in [0.15, 0.2) is 12.1 Å². The van der Waals surface area contributed by atoms with Crippen LogP contribution in [0.1, 0.15) is 89.0 Å². The molecule has 0 unspecified atom stereocenters. The van der Waals surface area contributed by atoms with Crippen LogP contribution in [0.5, 0.6) is 0 Å². The molecule has 0 amide bonds. The van der Waals surface area contributed by atoms with Crippen molar-refractivity contribution in [2.45, 2.75) is 89.8 Å². The molecule has 3 fully saturated rings. The van der Waals surface area contributed by atoms with Crippen molar-refractivity contribution in [2.24, 2.45) is 23.7 Å². The third-order valence-electron chi connectivity index (χ3n) is 8.11. The summed E-state index contributed by atoms with van der Waals surface area (Å²) in [5.41, 5.74) is 0.720. The van der Waals surface area contributed by atoms with Crippen LogP contribution >= 0.6 is 11.6 Å². The SMILES string of the molecule is CCCCC1CCC(C2COC(C3CCC(c4cc(F)c(Cl)c(F)c4)CC3)OC2)CC1. The third kappa shape index (κ3) is 5.81. The number of hydrogen-bond donors (Lipinski definition) is 0. The average Bonchev–Trinajstić information content (AvgIpc) is 2.81. The Labute approximate surface area is 191 Å². The number of unbranched alkanes of at least 4 members (excludes halogenated alkanes) is 1. The van der Waals surface area contributed by atoms with Gasteiger partial charge in [0, 0.05) is 11.8 Å². The van der Waals surface area contributed by atoms with Gasteiger partial charge in [0.1, 0.15) is 16.7 Å². The minimum Gasteiger partial charge on any atom is -0.352 e. The zero-order valence-corrected chi connectivity index (χ0v) is 19.5. The van der Waals surface area contributed by atoms with Gasteiger partial charge in [-0.3, -0.25) is 0 Å². The number of hydrogen-bond acceptors (Lipinski definition) is 2. The van der Waals surface area contributed by atoms with Crippen molar-refractivity contribution in [3.05, 3.63) is 34.4 Å². The quantitative estimate of drug-likeness (QED) is 0.407. The Hall–Kier alpha value is -0.710. The monoisotopic (exact) mass is 454 g/mol. The standard InChI is InChI=1S/C26H37ClF2O2/c1-2-3-4-17-5-7-19(8-6-17)22-15-30-26(31-16-22)20-11-9-18(10-12-20)21-13-23(28)25(27)24(29)14-21/h13-14,17-20,22,26H,2-12,15-16H2,1H3. The van der Waals surface area contributed by atoms with Crippen LogP contribution in [0.2, 0.25) is 5.02 Å². The highest BCUT2D eigenvalue weighted by atomic mass is 35.5. The molecular formula is C26H37ClF2O2. The van der Waals surface area contributed by atoms with E-state index in [-0.39, 0.29) is 12.2 Å². The van der Waals surface area contributed by atoms with E-state index < -0.39 is 16.7 Å². The molecule has 174 valence electrons. The Morgan fingerprint density at radius 1 is 0.839 bits per heavy atom. The van der Waals surface area contributed by atoms with Gasteiger partial charge < -0.3 is 9.47 Å². The van der Waals surface area contributed by atoms with E-state index in [2.05, 4.69) is 6.92 Å². The van der Waals surface area contributed by atoms with Gasteiger partial charge in [-0.05, 0) is 74.0 Å². The first-order valence-electron chi connectivity index (χ1n) is 12.4. The van der Waals surface area contributed by atoms with E-state index in [0.29, 0.717) is 11.8 Å². The van der Waals surface area contributed by atoms with Gasteiger partial charge in [0.25, 0.3) is 0 Å². The van der Waals surface area contributed by atoms with Crippen molar-refractivity contribution in [3.63, 3.8) is 0 Å². The van der Waals surface area contributed by atoms with Crippen molar-refractivity contribution < 1.29 is 18.3 Å². The smallest absolute Gasteiger partial charge is 0.160 e. The highest BCUT2D eigenvalue weighted by molar-refractivity contribution is 6.30. The molecule has 0 atom stereocenters. The molecule has 0 spiro atoms. The van der Waals surface area contributed by atoms with E-state index >= 15 is 0 Å². The molecule has 0 N–H and O–H groups in total. The minimum absolute atomic E-state index is 0.114. The highest BCUT2D eigenvalue weighted by Crippen LogP contribution is 2.42. The summed E-state index contributed by atoms with van der Waals surface area (Å²) in [6.45, 7) is 3.92. The molecule has 2 aliphatic carbocycles. The van der Waals surface area contributed by atoms with E-state index in [9.17, 15) is 8.78 Å². The summed E-state index contributed by atoms with van der Waals surface area (Å²) in [5, 5.41) is -0.412. The molecule has 2 saturated carbocycles. The Bertz CT molecular complexity index is 680. The van der Waals surface area contributed by atoms with Crippen molar-refractivity contribution in [3.8, 4) is 0 Å². The predicted molar refractivity (Wildman–Crippen MR) is 120 cm³/mol. The molecule has 1 aromatic rings. The van der Waals surface area contributed by atoms with E-state index in [0.717, 1.165) is 56.3 Å². The first-order chi connectivity index (χ1) is 15.0. The van der Waals surface area contributed by atoms with E-state index in [1.54, 1.807) is 0 Å². The van der Waals surface area contributed by atoms with Crippen LogP contribution in [0.4, 0.5) is 8.78 Å². The molecule has 1 aliphatic heterocycles. The normalized spacial score (nSPS) is 34.6. The largest absolute Gasteiger partial charge is 0.352 e. The van der Waals surface area contributed by atoms with Gasteiger partial charge in [0.05, 0.1) is 13.2 Å². The number of ether oxygens (including phenoxy) is 2. The van der Waals surface area contributed by atoms with Crippen molar-refractivity contribution in [1.29, 1.82) is 0 Å². The van der Waals surface area contributed by atoms with Crippen LogP contribution in [0.25, 0.3) is 0 Å². The molecule has 4 rings (SSSR count). The van der Waals surface area contributed by atoms with Gasteiger partial charge >= 0.3 is 0 Å². The van der Waals surface area contributed by atoms with Crippen molar-refractivity contribution in [1.82, 2.24) is 0 Å². The van der Waals surface area contributed by atoms with E-state index in [1.807, 2.05) is 0 Å². The van der Waals surface area contributed by atoms with Gasteiger partial charge in [-0.2, -0.15) is 0 Å². The lowest BCUT2D eigenvalue weighted by Crippen LogP contribution is -2.41. The maximum Gasteiger partial charge on any atom is 0.160 e. The lowest BCUT2D eigenvalue weighted by atomic mass is 9.74. The van der Waals surface area contributed by atoms with Gasteiger partial charge in [-0.15, -0.1) is 0 Å². The summed E-state index contributed by atoms with van der Waals surface area (Å²) in [5.74, 6) is 1.46. The van der Waals surface area contributed by atoms with Crippen molar-refractivity contribution in [2.75, 3.05) is 13.2 Å². The Kier molecular flexibility index (Phi) is 8.27. The lowest BCUT2D eigenvalue weighted by molar-refractivity contribution is -0.236. The fraction of sp³-hybridized carbons (Fsp3) is 0.769. The summed E-state index contributed by atoms with van der Waals surface area (Å²) >= 11 is 5.63. The first kappa shape index (κ1) is 23.4. The van der Waals surface area contributed by atoms with Gasteiger partial charge in [0.15, 0.2) is 6.29 Å². The molecule has 31 heavy (non-hydrogen) atoms.